The van der Waals surface area contributed by atoms with Crippen molar-refractivity contribution in [3.63, 3.8) is 0 Å². The van der Waals surface area contributed by atoms with Gasteiger partial charge in [0.25, 0.3) is 17.5 Å². The van der Waals surface area contributed by atoms with Crippen LogP contribution in [-0.4, -0.2) is 29.9 Å². The highest BCUT2D eigenvalue weighted by atomic mass is 16.6. The number of nitro benzene ring substituents is 1. The van der Waals surface area contributed by atoms with Crippen LogP contribution in [0.25, 0.3) is 6.08 Å². The second-order valence-electron chi connectivity index (χ2n) is 8.30. The van der Waals surface area contributed by atoms with Crippen LogP contribution in [0, 0.1) is 24.0 Å². The zero-order valence-corrected chi connectivity index (χ0v) is 20.3. The molecule has 0 aromatic heterocycles. The maximum atomic E-state index is 13.4. The molecule has 37 heavy (non-hydrogen) atoms. The molecule has 10 nitrogen and oxygen atoms in total. The number of nitrogens with zero attached hydrogens (tertiary/aromatic N) is 2. The van der Waals surface area contributed by atoms with Gasteiger partial charge in [0.05, 0.1) is 17.7 Å². The lowest BCUT2D eigenvalue weighted by atomic mass is 10.0. The molecule has 0 aliphatic carbocycles. The SMILES string of the molecule is COc1ccc(/C=C2\C(=O)NC(=O)N(c3cccc(C)c3C)C2=O)c(OCc2cccc([N+](=O)[O-])c2)c1. The summed E-state index contributed by atoms with van der Waals surface area (Å²) in [5.41, 5.74) is 2.57. The average Bonchev–Trinajstić information content (AvgIpc) is 2.88. The maximum absolute atomic E-state index is 13.4. The number of imide groups is 2. The first-order chi connectivity index (χ1) is 17.7. The van der Waals surface area contributed by atoms with Crippen LogP contribution in [0.4, 0.5) is 16.2 Å². The number of hydrogen-bond donors (Lipinski definition) is 1. The lowest BCUT2D eigenvalue weighted by Gasteiger charge is -2.28. The van der Waals surface area contributed by atoms with E-state index in [0.29, 0.717) is 22.6 Å². The standard InChI is InChI=1S/C27H23N3O7/c1-16-6-4-9-23(17(16)2)29-26(32)22(25(31)28-27(29)33)13-19-10-11-21(36-3)14-24(19)37-15-18-7-5-8-20(12-18)30(34)35/h4-14H,15H2,1-3H3,(H,28,31,33)/b22-13+. The summed E-state index contributed by atoms with van der Waals surface area (Å²) >= 11 is 0. The number of aryl methyl sites for hydroxylation is 1. The van der Waals surface area contributed by atoms with Crippen molar-refractivity contribution in [2.75, 3.05) is 12.0 Å². The summed E-state index contributed by atoms with van der Waals surface area (Å²) in [7, 11) is 1.48. The third kappa shape index (κ3) is 5.18. The van der Waals surface area contributed by atoms with E-state index in [0.717, 1.165) is 16.0 Å². The molecule has 0 unspecified atom stereocenters. The average molecular weight is 501 g/mol. The molecule has 3 aromatic rings. The molecule has 1 N–H and O–H groups in total. The van der Waals surface area contributed by atoms with Crippen molar-refractivity contribution in [2.24, 2.45) is 0 Å². The molecule has 0 saturated carbocycles. The fourth-order valence-electron chi connectivity index (χ4n) is 3.82. The number of amides is 4. The number of hydrogen-bond acceptors (Lipinski definition) is 7. The van der Waals surface area contributed by atoms with E-state index in [-0.39, 0.29) is 23.6 Å². The number of ether oxygens (including phenoxy) is 2. The Morgan fingerprint density at radius 1 is 1.03 bits per heavy atom. The van der Waals surface area contributed by atoms with E-state index in [1.807, 2.05) is 13.0 Å². The van der Waals surface area contributed by atoms with Gasteiger partial charge in [-0.15, -0.1) is 0 Å². The Balaban J connectivity index is 1.70. The van der Waals surface area contributed by atoms with Gasteiger partial charge >= 0.3 is 6.03 Å². The molecule has 3 aromatic carbocycles. The number of nitro groups is 1. The van der Waals surface area contributed by atoms with Gasteiger partial charge < -0.3 is 9.47 Å². The summed E-state index contributed by atoms with van der Waals surface area (Å²) < 4.78 is 11.2. The number of urea groups is 1. The zero-order valence-electron chi connectivity index (χ0n) is 20.3. The Hall–Kier alpha value is -4.99. The topological polar surface area (TPSA) is 128 Å². The van der Waals surface area contributed by atoms with Gasteiger partial charge in [-0.05, 0) is 54.8 Å². The fraction of sp³-hybridized carbons (Fsp3) is 0.148. The number of nitrogens with one attached hydrogen (secondary N) is 1. The molecule has 4 amide bonds. The molecular weight excluding hydrogens is 478 g/mol. The summed E-state index contributed by atoms with van der Waals surface area (Å²) in [4.78, 5) is 50.2. The molecule has 4 rings (SSSR count). The van der Waals surface area contributed by atoms with Gasteiger partial charge in [0, 0.05) is 23.8 Å². The van der Waals surface area contributed by atoms with Crippen molar-refractivity contribution in [3.05, 3.63) is 98.6 Å². The third-order valence-corrected chi connectivity index (χ3v) is 5.95. The van der Waals surface area contributed by atoms with E-state index in [9.17, 15) is 24.5 Å². The number of barbiturate groups is 1. The Labute approximate surface area is 212 Å². The molecule has 1 heterocycles. The first-order valence-corrected chi connectivity index (χ1v) is 11.2. The molecule has 0 bridgehead atoms. The van der Waals surface area contributed by atoms with E-state index in [1.165, 1.54) is 25.3 Å². The number of anilines is 1. The predicted molar refractivity (Wildman–Crippen MR) is 135 cm³/mol. The fourth-order valence-corrected chi connectivity index (χ4v) is 3.82. The van der Waals surface area contributed by atoms with E-state index < -0.39 is 22.8 Å². The van der Waals surface area contributed by atoms with Crippen LogP contribution in [0.2, 0.25) is 0 Å². The van der Waals surface area contributed by atoms with Crippen molar-refractivity contribution >= 4 is 35.3 Å². The minimum atomic E-state index is -0.836. The van der Waals surface area contributed by atoms with Gasteiger partial charge in [-0.2, -0.15) is 0 Å². The summed E-state index contributed by atoms with van der Waals surface area (Å²) in [6.07, 6.45) is 1.34. The van der Waals surface area contributed by atoms with Crippen molar-refractivity contribution < 1.29 is 28.8 Å². The second kappa shape index (κ2) is 10.3. The molecule has 0 radical (unpaired) electrons. The first kappa shape index (κ1) is 25.1. The van der Waals surface area contributed by atoms with Crippen LogP contribution in [0.1, 0.15) is 22.3 Å². The van der Waals surface area contributed by atoms with Gasteiger partial charge in [-0.25, -0.2) is 9.69 Å². The largest absolute Gasteiger partial charge is 0.497 e. The van der Waals surface area contributed by atoms with Gasteiger partial charge in [-0.3, -0.25) is 25.0 Å². The highest BCUT2D eigenvalue weighted by Crippen LogP contribution is 2.31. The second-order valence-corrected chi connectivity index (χ2v) is 8.30. The van der Waals surface area contributed by atoms with Gasteiger partial charge in [0.2, 0.25) is 0 Å². The summed E-state index contributed by atoms with van der Waals surface area (Å²) in [6.45, 7) is 3.63. The number of rotatable bonds is 7. The minimum absolute atomic E-state index is 0.0156. The number of benzene rings is 3. The highest BCUT2D eigenvalue weighted by molar-refractivity contribution is 6.39. The molecule has 1 aliphatic heterocycles. The smallest absolute Gasteiger partial charge is 0.335 e. The third-order valence-electron chi connectivity index (χ3n) is 5.95. The first-order valence-electron chi connectivity index (χ1n) is 11.2. The van der Waals surface area contributed by atoms with Crippen LogP contribution >= 0.6 is 0 Å². The molecule has 1 saturated heterocycles. The van der Waals surface area contributed by atoms with Crippen LogP contribution in [0.5, 0.6) is 11.5 Å². The maximum Gasteiger partial charge on any atom is 0.335 e. The lowest BCUT2D eigenvalue weighted by Crippen LogP contribution is -2.54. The normalized spacial score (nSPS) is 14.5. The summed E-state index contributed by atoms with van der Waals surface area (Å²) in [5.74, 6) is -0.878. The van der Waals surface area contributed by atoms with E-state index in [4.69, 9.17) is 9.47 Å². The Morgan fingerprint density at radius 2 is 1.78 bits per heavy atom. The molecule has 1 fully saturated rings. The van der Waals surface area contributed by atoms with Gasteiger partial charge in [-0.1, -0.05) is 24.3 Å². The number of non-ortho nitro benzene ring substituents is 1. The van der Waals surface area contributed by atoms with E-state index in [2.05, 4.69) is 5.32 Å². The van der Waals surface area contributed by atoms with Crippen LogP contribution in [0.3, 0.4) is 0 Å². The number of carbonyl (C=O) groups is 3. The van der Waals surface area contributed by atoms with Gasteiger partial charge in [0.15, 0.2) is 0 Å². The Morgan fingerprint density at radius 3 is 2.51 bits per heavy atom. The minimum Gasteiger partial charge on any atom is -0.497 e. The quantitative estimate of drug-likeness (QED) is 0.219. The number of carbonyl (C=O) groups excluding carboxylic acids is 3. The molecule has 1 aliphatic rings. The predicted octanol–water partition coefficient (Wildman–Crippen LogP) is 4.47. The van der Waals surface area contributed by atoms with E-state index in [1.54, 1.807) is 49.4 Å². The van der Waals surface area contributed by atoms with Gasteiger partial charge in [0.1, 0.15) is 23.7 Å². The van der Waals surface area contributed by atoms with E-state index >= 15 is 0 Å². The summed E-state index contributed by atoms with van der Waals surface area (Å²) in [6, 6.07) is 15.2. The lowest BCUT2D eigenvalue weighted by molar-refractivity contribution is -0.384. The zero-order chi connectivity index (χ0) is 26.7. The highest BCUT2D eigenvalue weighted by Gasteiger charge is 2.37. The molecule has 188 valence electrons. The Bertz CT molecular complexity index is 1460. The molecule has 0 spiro atoms. The molecule has 10 heteroatoms. The van der Waals surface area contributed by atoms with Crippen molar-refractivity contribution in [2.45, 2.75) is 20.5 Å². The van der Waals surface area contributed by atoms with Crippen LogP contribution in [0.15, 0.2) is 66.2 Å². The van der Waals surface area contributed by atoms with Crippen LogP contribution in [-0.2, 0) is 16.2 Å². The molecule has 0 atom stereocenters. The van der Waals surface area contributed by atoms with Crippen molar-refractivity contribution in [1.29, 1.82) is 0 Å². The number of methoxy groups -OCH3 is 1. The summed E-state index contributed by atoms with van der Waals surface area (Å²) in [5, 5.41) is 13.3. The van der Waals surface area contributed by atoms with Crippen molar-refractivity contribution in [1.82, 2.24) is 5.32 Å². The Kier molecular flexibility index (Phi) is 7.01. The monoisotopic (exact) mass is 501 g/mol. The molecular formula is C27H23N3O7. The van der Waals surface area contributed by atoms with Crippen molar-refractivity contribution in [3.8, 4) is 11.5 Å². The van der Waals surface area contributed by atoms with Crippen LogP contribution < -0.4 is 19.7 Å².